The largest absolute Gasteiger partial charge is 0.357 e. The van der Waals surface area contributed by atoms with Gasteiger partial charge in [0.15, 0.2) is 5.96 Å². The number of guanidine groups is 1. The molecule has 0 bridgehead atoms. The fraction of sp³-hybridized carbons (Fsp3) is 0.556. The molecule has 1 aromatic carbocycles. The smallest absolute Gasteiger partial charge is 0.250 e. The molecule has 2 atom stereocenters. The van der Waals surface area contributed by atoms with Crippen molar-refractivity contribution in [2.75, 3.05) is 32.7 Å². The summed E-state index contributed by atoms with van der Waals surface area (Å²) in [6.07, 6.45) is 7.63. The van der Waals surface area contributed by atoms with Crippen LogP contribution in [-0.2, 0) is 13.1 Å². The third-order valence-electron chi connectivity index (χ3n) is 7.01. The van der Waals surface area contributed by atoms with E-state index in [1.165, 1.54) is 31.4 Å². The summed E-state index contributed by atoms with van der Waals surface area (Å²) < 4.78 is 1.78. The number of aromatic nitrogens is 1. The Kier molecular flexibility index (Phi) is 8.59. The highest BCUT2D eigenvalue weighted by Crippen LogP contribution is 2.31. The molecule has 1 aromatic heterocycles. The predicted molar refractivity (Wildman–Crippen MR) is 135 cm³/mol. The van der Waals surface area contributed by atoms with Crippen LogP contribution >= 0.6 is 0 Å². The van der Waals surface area contributed by atoms with Crippen molar-refractivity contribution in [3.8, 4) is 0 Å². The number of nitrogens with zero attached hydrogens (tertiary/aromatic N) is 4. The molecule has 1 N–H and O–H groups in total. The molecule has 6 heteroatoms. The zero-order chi connectivity index (χ0) is 22.9. The Hall–Kier alpha value is -2.60. The highest BCUT2D eigenvalue weighted by molar-refractivity contribution is 5.80. The van der Waals surface area contributed by atoms with Gasteiger partial charge in [0.05, 0.1) is 0 Å². The minimum Gasteiger partial charge on any atom is -0.357 e. The lowest BCUT2D eigenvalue weighted by Gasteiger charge is -2.48. The van der Waals surface area contributed by atoms with Crippen molar-refractivity contribution in [1.29, 1.82) is 0 Å². The second-order valence-electron chi connectivity index (χ2n) is 9.34. The average Bonchev–Trinajstić information content (AvgIpc) is 2.85. The van der Waals surface area contributed by atoms with Crippen LogP contribution in [0.3, 0.4) is 0 Å². The van der Waals surface area contributed by atoms with Gasteiger partial charge >= 0.3 is 0 Å². The number of fused-ring (bicyclic) bond motifs is 1. The Balaban J connectivity index is 1.29. The molecule has 0 spiro atoms. The first-order chi connectivity index (χ1) is 16.2. The lowest BCUT2D eigenvalue weighted by atomic mass is 9.83. The summed E-state index contributed by atoms with van der Waals surface area (Å²) in [5.74, 6) is 1.78. The van der Waals surface area contributed by atoms with Crippen LogP contribution in [0.15, 0.2) is 64.5 Å². The zero-order valence-electron chi connectivity index (χ0n) is 20.0. The second kappa shape index (κ2) is 12.0. The fourth-order valence-corrected chi connectivity index (χ4v) is 5.36. The van der Waals surface area contributed by atoms with Crippen LogP contribution in [-0.4, -0.2) is 59.1 Å². The van der Waals surface area contributed by atoms with E-state index in [-0.39, 0.29) is 5.56 Å². The minimum atomic E-state index is 0.0750. The molecule has 0 amide bonds. The first-order valence-electron chi connectivity index (χ1n) is 12.7. The van der Waals surface area contributed by atoms with Crippen molar-refractivity contribution in [2.24, 2.45) is 10.9 Å². The molecule has 178 valence electrons. The predicted octanol–water partition coefficient (Wildman–Crippen LogP) is 3.58. The van der Waals surface area contributed by atoms with Gasteiger partial charge in [0.25, 0.3) is 0 Å². The van der Waals surface area contributed by atoms with Crippen LogP contribution in [0, 0.1) is 5.92 Å². The Morgan fingerprint density at radius 1 is 1.06 bits per heavy atom. The molecule has 2 aromatic rings. The van der Waals surface area contributed by atoms with Crippen molar-refractivity contribution < 1.29 is 0 Å². The number of nitrogens with one attached hydrogen (secondary N) is 1. The molecule has 6 nitrogen and oxygen atoms in total. The number of likely N-dealkylation sites (tertiary alicyclic amines) is 2. The van der Waals surface area contributed by atoms with Crippen molar-refractivity contribution >= 4 is 5.96 Å². The highest BCUT2D eigenvalue weighted by Gasteiger charge is 2.36. The number of hydrogen-bond acceptors (Lipinski definition) is 3. The molecule has 2 aliphatic rings. The first kappa shape index (κ1) is 23.6. The quantitative estimate of drug-likeness (QED) is 0.380. The van der Waals surface area contributed by atoms with Crippen LogP contribution in [0.2, 0.25) is 0 Å². The topological polar surface area (TPSA) is 52.9 Å². The maximum absolute atomic E-state index is 11.8. The van der Waals surface area contributed by atoms with Crippen LogP contribution in [0.1, 0.15) is 44.6 Å². The van der Waals surface area contributed by atoms with E-state index in [9.17, 15) is 4.79 Å². The summed E-state index contributed by atoms with van der Waals surface area (Å²) in [6.45, 7) is 9.05. The maximum atomic E-state index is 11.8. The molecule has 3 heterocycles. The first-order valence-corrected chi connectivity index (χ1v) is 12.7. The van der Waals surface area contributed by atoms with Gasteiger partial charge in [-0.15, -0.1) is 0 Å². The van der Waals surface area contributed by atoms with Gasteiger partial charge in [-0.1, -0.05) is 36.4 Å². The molecule has 4 rings (SSSR count). The molecular formula is C27H39N5O. The Morgan fingerprint density at radius 3 is 2.73 bits per heavy atom. The zero-order valence-corrected chi connectivity index (χ0v) is 20.0. The fourth-order valence-electron chi connectivity index (χ4n) is 5.36. The maximum Gasteiger partial charge on any atom is 0.250 e. The van der Waals surface area contributed by atoms with Crippen molar-refractivity contribution in [1.82, 2.24) is 19.7 Å². The van der Waals surface area contributed by atoms with E-state index in [1.54, 1.807) is 16.7 Å². The Morgan fingerprint density at radius 2 is 1.91 bits per heavy atom. The monoisotopic (exact) mass is 449 g/mol. The van der Waals surface area contributed by atoms with Gasteiger partial charge in [0.1, 0.15) is 0 Å². The van der Waals surface area contributed by atoms with Crippen LogP contribution in [0.5, 0.6) is 0 Å². The number of piperidine rings is 2. The van der Waals surface area contributed by atoms with E-state index >= 15 is 0 Å². The number of pyridine rings is 1. The lowest BCUT2D eigenvalue weighted by Crippen LogP contribution is -2.56. The summed E-state index contributed by atoms with van der Waals surface area (Å²) >= 11 is 0. The number of unbranched alkanes of at least 4 members (excludes halogenated alkanes) is 1. The van der Waals surface area contributed by atoms with Gasteiger partial charge in [0.2, 0.25) is 5.56 Å². The summed E-state index contributed by atoms with van der Waals surface area (Å²) in [5, 5.41) is 3.52. The van der Waals surface area contributed by atoms with Gasteiger partial charge in [-0.3, -0.25) is 14.7 Å². The van der Waals surface area contributed by atoms with Crippen molar-refractivity contribution in [2.45, 2.75) is 58.2 Å². The molecule has 0 saturated carbocycles. The minimum absolute atomic E-state index is 0.0750. The molecule has 33 heavy (non-hydrogen) atoms. The van der Waals surface area contributed by atoms with E-state index in [4.69, 9.17) is 4.99 Å². The highest BCUT2D eigenvalue weighted by atomic mass is 16.1. The van der Waals surface area contributed by atoms with Gasteiger partial charge in [-0.25, -0.2) is 0 Å². The number of aliphatic imine (C=N–C) groups is 1. The molecule has 2 unspecified atom stereocenters. The van der Waals surface area contributed by atoms with Gasteiger partial charge in [0, 0.05) is 57.6 Å². The number of aryl methyl sites for hydroxylation is 1. The third kappa shape index (κ3) is 6.47. The Bertz CT molecular complexity index is 941. The standard InChI is InChI=1S/C27H39N5O/c1-2-28-27(29-16-7-9-18-30-17-8-6-14-26(30)33)32-20-15-25-24(22-32)13-10-19-31(25)21-23-11-4-3-5-12-23/h3-6,8,11-12,14,17,24-25H,2,7,9-10,13,15-16,18-22H2,1H3,(H,28,29). The molecule has 0 aliphatic carbocycles. The summed E-state index contributed by atoms with van der Waals surface area (Å²) in [5.41, 5.74) is 1.50. The van der Waals surface area contributed by atoms with Crippen LogP contribution < -0.4 is 10.9 Å². The van der Waals surface area contributed by atoms with Gasteiger partial charge in [-0.2, -0.15) is 0 Å². The number of benzene rings is 1. The average molecular weight is 450 g/mol. The van der Waals surface area contributed by atoms with Crippen LogP contribution in [0.4, 0.5) is 0 Å². The second-order valence-corrected chi connectivity index (χ2v) is 9.34. The van der Waals surface area contributed by atoms with Gasteiger partial charge in [-0.05, 0) is 63.1 Å². The summed E-state index contributed by atoms with van der Waals surface area (Å²) in [6, 6.07) is 16.9. The normalized spacial score (nSPS) is 21.6. The van der Waals surface area contributed by atoms with E-state index in [0.717, 1.165) is 58.1 Å². The Labute approximate surface area is 198 Å². The van der Waals surface area contributed by atoms with E-state index < -0.39 is 0 Å². The third-order valence-corrected chi connectivity index (χ3v) is 7.01. The van der Waals surface area contributed by atoms with Gasteiger partial charge < -0.3 is 14.8 Å². The van der Waals surface area contributed by atoms with Crippen LogP contribution in [0.25, 0.3) is 0 Å². The lowest BCUT2D eigenvalue weighted by molar-refractivity contribution is 0.0372. The van der Waals surface area contributed by atoms with E-state index in [0.29, 0.717) is 12.0 Å². The SMILES string of the molecule is CCNC(=NCCCCn1ccccc1=O)N1CCC2C(CCCN2Cc2ccccc2)C1. The van der Waals surface area contributed by atoms with E-state index in [2.05, 4.69) is 52.4 Å². The van der Waals surface area contributed by atoms with Crippen molar-refractivity contribution in [3.05, 3.63) is 70.6 Å². The molecular weight excluding hydrogens is 410 g/mol. The molecule has 0 radical (unpaired) electrons. The van der Waals surface area contributed by atoms with Crippen molar-refractivity contribution in [3.63, 3.8) is 0 Å². The summed E-state index contributed by atoms with van der Waals surface area (Å²) in [4.78, 5) is 22.0. The molecule has 2 fully saturated rings. The summed E-state index contributed by atoms with van der Waals surface area (Å²) in [7, 11) is 0. The number of hydrogen-bond donors (Lipinski definition) is 1. The molecule has 2 saturated heterocycles. The van der Waals surface area contributed by atoms with E-state index in [1.807, 2.05) is 12.3 Å². The molecule has 2 aliphatic heterocycles. The number of rotatable bonds is 8.